The van der Waals surface area contributed by atoms with Gasteiger partial charge >= 0.3 is 0 Å². The normalized spacial score (nSPS) is 19.3. The van der Waals surface area contributed by atoms with Gasteiger partial charge in [-0.1, -0.05) is 24.3 Å². The van der Waals surface area contributed by atoms with Gasteiger partial charge in [0.15, 0.2) is 0 Å². The molecule has 1 fully saturated rings. The van der Waals surface area contributed by atoms with Crippen LogP contribution >= 0.6 is 0 Å². The molecule has 1 saturated heterocycles. The Kier molecular flexibility index (Phi) is 6.27. The van der Waals surface area contributed by atoms with Crippen LogP contribution in [0.25, 0.3) is 0 Å². The molecule has 0 saturated carbocycles. The number of hydrogen-bond donors (Lipinski definition) is 2. The van der Waals surface area contributed by atoms with E-state index in [-0.39, 0.29) is 36.4 Å². The number of amides is 3. The summed E-state index contributed by atoms with van der Waals surface area (Å²) < 4.78 is 13.0. The van der Waals surface area contributed by atoms with Gasteiger partial charge in [0.05, 0.1) is 11.3 Å². The fourth-order valence-corrected chi connectivity index (χ4v) is 3.94. The van der Waals surface area contributed by atoms with Crippen molar-refractivity contribution < 1.29 is 18.8 Å². The molecule has 7 nitrogen and oxygen atoms in total. The van der Waals surface area contributed by atoms with Crippen LogP contribution in [0.5, 0.6) is 0 Å². The number of nitrogens with one attached hydrogen (secondary N) is 2. The van der Waals surface area contributed by atoms with Crippen LogP contribution in [-0.4, -0.2) is 59.7 Å². The number of rotatable bonds is 5. The molecule has 3 amide bonds. The van der Waals surface area contributed by atoms with Gasteiger partial charge in [-0.3, -0.25) is 19.3 Å². The third-order valence-corrected chi connectivity index (χ3v) is 5.74. The van der Waals surface area contributed by atoms with Crippen LogP contribution in [0.15, 0.2) is 48.5 Å². The number of carbonyl (C=O) groups excluding carboxylic acids is 3. The lowest BCUT2D eigenvalue weighted by Gasteiger charge is -2.35. The number of benzene rings is 2. The van der Waals surface area contributed by atoms with Crippen LogP contribution in [0.3, 0.4) is 0 Å². The van der Waals surface area contributed by atoms with Crippen LogP contribution in [0, 0.1) is 5.82 Å². The van der Waals surface area contributed by atoms with Gasteiger partial charge in [0.25, 0.3) is 5.91 Å². The van der Waals surface area contributed by atoms with E-state index in [1.165, 1.54) is 12.1 Å². The Labute approximate surface area is 180 Å². The molecule has 8 heteroatoms. The predicted molar refractivity (Wildman–Crippen MR) is 114 cm³/mol. The summed E-state index contributed by atoms with van der Waals surface area (Å²) in [5.74, 6) is -0.900. The molecule has 2 aliphatic heterocycles. The Morgan fingerprint density at radius 3 is 2.45 bits per heavy atom. The first-order chi connectivity index (χ1) is 15.0. The lowest BCUT2D eigenvalue weighted by atomic mass is 10.1. The van der Waals surface area contributed by atoms with Crippen molar-refractivity contribution in [3.8, 4) is 0 Å². The van der Waals surface area contributed by atoms with Gasteiger partial charge in [-0.2, -0.15) is 0 Å². The Balaban J connectivity index is 1.25. The van der Waals surface area contributed by atoms with E-state index in [2.05, 4.69) is 15.5 Å². The Bertz CT molecular complexity index is 971. The number of carbonyl (C=O) groups is 3. The summed E-state index contributed by atoms with van der Waals surface area (Å²) in [5, 5.41) is 5.49. The van der Waals surface area contributed by atoms with Crippen molar-refractivity contribution in [1.82, 2.24) is 15.1 Å². The SMILES string of the molecule is O=C1N[C@H](CCC(=O)N2CCN(Cc3ccc(F)cc3)CC2)C(=O)Nc2ccccc21. The second kappa shape index (κ2) is 9.26. The van der Waals surface area contributed by atoms with Crippen molar-refractivity contribution in [3.63, 3.8) is 0 Å². The first kappa shape index (κ1) is 21.0. The van der Waals surface area contributed by atoms with Crippen molar-refractivity contribution in [3.05, 3.63) is 65.5 Å². The first-order valence-corrected chi connectivity index (χ1v) is 10.4. The number of para-hydroxylation sites is 1. The average molecular weight is 424 g/mol. The van der Waals surface area contributed by atoms with Crippen molar-refractivity contribution in [2.24, 2.45) is 0 Å². The number of hydrogen-bond acceptors (Lipinski definition) is 4. The van der Waals surface area contributed by atoms with E-state index in [9.17, 15) is 18.8 Å². The maximum Gasteiger partial charge on any atom is 0.254 e. The standard InChI is InChI=1S/C23H25FN4O3/c24-17-7-5-16(6-8-17)15-27-11-13-28(14-12-27)21(29)10-9-20-23(31)25-19-4-2-1-3-18(19)22(30)26-20/h1-8,20H,9-15H2,(H,25,31)(H,26,30)/t20-/m1/s1. The highest BCUT2D eigenvalue weighted by molar-refractivity contribution is 6.09. The number of nitrogens with zero attached hydrogens (tertiary/aromatic N) is 2. The molecule has 4 rings (SSSR count). The van der Waals surface area contributed by atoms with Gasteiger partial charge in [0.2, 0.25) is 11.8 Å². The van der Waals surface area contributed by atoms with E-state index in [0.717, 1.165) is 25.2 Å². The predicted octanol–water partition coefficient (Wildman–Crippen LogP) is 2.00. The van der Waals surface area contributed by atoms with E-state index >= 15 is 0 Å². The molecule has 0 spiro atoms. The minimum Gasteiger partial charge on any atom is -0.340 e. The van der Waals surface area contributed by atoms with Crippen LogP contribution in [-0.2, 0) is 16.1 Å². The highest BCUT2D eigenvalue weighted by Gasteiger charge is 2.29. The molecular formula is C23H25FN4O3. The molecule has 2 N–H and O–H groups in total. The molecule has 0 aromatic heterocycles. The highest BCUT2D eigenvalue weighted by atomic mass is 19.1. The van der Waals surface area contributed by atoms with Gasteiger partial charge in [-0.25, -0.2) is 4.39 Å². The second-order valence-corrected chi connectivity index (χ2v) is 7.88. The van der Waals surface area contributed by atoms with E-state index in [1.807, 2.05) is 0 Å². The van der Waals surface area contributed by atoms with Crippen molar-refractivity contribution in [2.75, 3.05) is 31.5 Å². The van der Waals surface area contributed by atoms with Crippen LogP contribution in [0.1, 0.15) is 28.8 Å². The third kappa shape index (κ3) is 5.08. The maximum absolute atomic E-state index is 13.0. The molecule has 2 aromatic rings. The summed E-state index contributed by atoms with van der Waals surface area (Å²) in [6.07, 6.45) is 0.437. The smallest absolute Gasteiger partial charge is 0.254 e. The molecule has 2 aliphatic rings. The van der Waals surface area contributed by atoms with Crippen LogP contribution in [0.2, 0.25) is 0 Å². The average Bonchev–Trinajstić information content (AvgIpc) is 2.90. The summed E-state index contributed by atoms with van der Waals surface area (Å²) >= 11 is 0. The highest BCUT2D eigenvalue weighted by Crippen LogP contribution is 2.19. The largest absolute Gasteiger partial charge is 0.340 e. The Morgan fingerprint density at radius 2 is 1.71 bits per heavy atom. The molecule has 162 valence electrons. The zero-order valence-corrected chi connectivity index (χ0v) is 17.1. The monoisotopic (exact) mass is 424 g/mol. The molecule has 0 aliphatic carbocycles. The van der Waals surface area contributed by atoms with Crippen molar-refractivity contribution >= 4 is 23.4 Å². The number of anilines is 1. The molecule has 0 unspecified atom stereocenters. The number of piperazine rings is 1. The van der Waals surface area contributed by atoms with Gasteiger partial charge in [0, 0.05) is 39.1 Å². The lowest BCUT2D eigenvalue weighted by Crippen LogP contribution is -2.49. The molecule has 2 aromatic carbocycles. The maximum atomic E-state index is 13.0. The summed E-state index contributed by atoms with van der Waals surface area (Å²) in [6, 6.07) is 12.6. The van der Waals surface area contributed by atoms with Gasteiger partial charge in [-0.05, 0) is 36.2 Å². The topological polar surface area (TPSA) is 81.8 Å². The Hall–Kier alpha value is -3.26. The van der Waals surface area contributed by atoms with Crippen molar-refractivity contribution in [2.45, 2.75) is 25.4 Å². The van der Waals surface area contributed by atoms with E-state index in [1.54, 1.807) is 41.3 Å². The molecular weight excluding hydrogens is 399 g/mol. The summed E-state index contributed by atoms with van der Waals surface area (Å²) in [6.45, 7) is 3.40. The summed E-state index contributed by atoms with van der Waals surface area (Å²) in [7, 11) is 0. The quantitative estimate of drug-likeness (QED) is 0.769. The number of fused-ring (bicyclic) bond motifs is 1. The van der Waals surface area contributed by atoms with E-state index < -0.39 is 6.04 Å². The van der Waals surface area contributed by atoms with Gasteiger partial charge in [0.1, 0.15) is 11.9 Å². The number of halogens is 1. The Morgan fingerprint density at radius 1 is 1.00 bits per heavy atom. The van der Waals surface area contributed by atoms with Crippen LogP contribution in [0.4, 0.5) is 10.1 Å². The van der Waals surface area contributed by atoms with Gasteiger partial charge in [-0.15, -0.1) is 0 Å². The molecule has 31 heavy (non-hydrogen) atoms. The zero-order chi connectivity index (χ0) is 21.8. The fourth-order valence-electron chi connectivity index (χ4n) is 3.94. The minimum atomic E-state index is -0.747. The van der Waals surface area contributed by atoms with E-state index in [0.29, 0.717) is 24.3 Å². The molecule has 2 heterocycles. The second-order valence-electron chi connectivity index (χ2n) is 7.88. The van der Waals surface area contributed by atoms with E-state index in [4.69, 9.17) is 0 Å². The van der Waals surface area contributed by atoms with Crippen molar-refractivity contribution in [1.29, 1.82) is 0 Å². The summed E-state index contributed by atoms with van der Waals surface area (Å²) in [5.41, 5.74) is 1.94. The zero-order valence-electron chi connectivity index (χ0n) is 17.1. The minimum absolute atomic E-state index is 0.0229. The third-order valence-electron chi connectivity index (χ3n) is 5.74. The molecule has 0 radical (unpaired) electrons. The molecule has 1 atom stereocenters. The first-order valence-electron chi connectivity index (χ1n) is 10.4. The fraction of sp³-hybridized carbons (Fsp3) is 0.348. The summed E-state index contributed by atoms with van der Waals surface area (Å²) in [4.78, 5) is 41.5. The van der Waals surface area contributed by atoms with Crippen LogP contribution < -0.4 is 10.6 Å². The van der Waals surface area contributed by atoms with Gasteiger partial charge < -0.3 is 15.5 Å². The molecule has 0 bridgehead atoms. The lowest BCUT2D eigenvalue weighted by molar-refractivity contribution is -0.133.